The predicted octanol–water partition coefficient (Wildman–Crippen LogP) is 4.21. The number of carboxylic acid groups (broad SMARTS) is 1. The molecule has 2 aromatic rings. The number of aliphatic carboxylic acids is 1. The summed E-state index contributed by atoms with van der Waals surface area (Å²) in [5, 5.41) is 8.54. The molecule has 0 radical (unpaired) electrons. The zero-order valence-corrected chi connectivity index (χ0v) is 11.1. The summed E-state index contributed by atoms with van der Waals surface area (Å²) in [6.45, 7) is 0. The van der Waals surface area contributed by atoms with Crippen LogP contribution in [-0.4, -0.2) is 11.1 Å². The first kappa shape index (κ1) is 12.6. The van der Waals surface area contributed by atoms with Crippen molar-refractivity contribution >= 4 is 28.0 Å². The minimum absolute atomic E-state index is 0.873. The summed E-state index contributed by atoms with van der Waals surface area (Å²) in [6.07, 6.45) is 2.71. The van der Waals surface area contributed by atoms with Gasteiger partial charge in [0, 0.05) is 10.5 Å². The summed E-state index contributed by atoms with van der Waals surface area (Å²) >= 11 is 3.40. The van der Waals surface area contributed by atoms with Crippen molar-refractivity contribution in [3.8, 4) is 11.1 Å². The van der Waals surface area contributed by atoms with Gasteiger partial charge < -0.3 is 5.11 Å². The first-order valence-electron chi connectivity index (χ1n) is 5.42. The quantitative estimate of drug-likeness (QED) is 0.862. The van der Waals surface area contributed by atoms with E-state index in [-0.39, 0.29) is 0 Å². The van der Waals surface area contributed by atoms with Crippen molar-refractivity contribution < 1.29 is 9.90 Å². The molecule has 2 nitrogen and oxygen atoms in total. The summed E-state index contributed by atoms with van der Waals surface area (Å²) in [4.78, 5) is 10.4. The highest BCUT2D eigenvalue weighted by atomic mass is 79.9. The Balaban J connectivity index is 2.22. The maximum Gasteiger partial charge on any atom is 0.328 e. The Morgan fingerprint density at radius 2 is 1.44 bits per heavy atom. The number of halogens is 1. The van der Waals surface area contributed by atoms with Crippen LogP contribution in [0, 0.1) is 0 Å². The number of hydrogen-bond donors (Lipinski definition) is 1. The zero-order valence-electron chi connectivity index (χ0n) is 9.51. The van der Waals surface area contributed by atoms with Crippen molar-refractivity contribution in [2.24, 2.45) is 0 Å². The number of carbonyl (C=O) groups is 1. The van der Waals surface area contributed by atoms with Gasteiger partial charge in [-0.1, -0.05) is 52.3 Å². The molecule has 0 fully saturated rings. The van der Waals surface area contributed by atoms with E-state index < -0.39 is 5.97 Å². The van der Waals surface area contributed by atoms with Gasteiger partial charge in [-0.2, -0.15) is 0 Å². The first-order chi connectivity index (χ1) is 8.65. The number of carboxylic acids is 1. The van der Waals surface area contributed by atoms with Gasteiger partial charge >= 0.3 is 5.97 Å². The molecule has 0 saturated carbocycles. The second kappa shape index (κ2) is 5.65. The summed E-state index contributed by atoms with van der Waals surface area (Å²) in [7, 11) is 0. The predicted molar refractivity (Wildman–Crippen MR) is 76.2 cm³/mol. The smallest absolute Gasteiger partial charge is 0.328 e. The normalized spacial score (nSPS) is 10.7. The standard InChI is InChI=1S/C15H11BrO2/c16-14-8-6-13(7-9-14)12-4-1-11(2-5-12)3-10-15(17)18/h1-10H,(H,17,18)/b10-3+. The van der Waals surface area contributed by atoms with Crippen LogP contribution in [0.4, 0.5) is 0 Å². The Morgan fingerprint density at radius 3 is 1.94 bits per heavy atom. The van der Waals surface area contributed by atoms with E-state index in [1.807, 2.05) is 48.5 Å². The van der Waals surface area contributed by atoms with E-state index in [1.165, 1.54) is 0 Å². The van der Waals surface area contributed by atoms with E-state index in [0.717, 1.165) is 27.2 Å². The van der Waals surface area contributed by atoms with Gasteiger partial charge in [-0.25, -0.2) is 4.79 Å². The monoisotopic (exact) mass is 302 g/mol. The topological polar surface area (TPSA) is 37.3 Å². The first-order valence-corrected chi connectivity index (χ1v) is 6.21. The molecule has 0 amide bonds. The van der Waals surface area contributed by atoms with Gasteiger partial charge in [0.25, 0.3) is 0 Å². The van der Waals surface area contributed by atoms with Crippen LogP contribution in [0.3, 0.4) is 0 Å². The van der Waals surface area contributed by atoms with Gasteiger partial charge in [-0.3, -0.25) is 0 Å². The van der Waals surface area contributed by atoms with Crippen LogP contribution in [0.5, 0.6) is 0 Å². The van der Waals surface area contributed by atoms with Crippen molar-refractivity contribution in [3.05, 3.63) is 64.6 Å². The molecule has 90 valence electrons. The van der Waals surface area contributed by atoms with Gasteiger partial charge in [-0.15, -0.1) is 0 Å². The maximum atomic E-state index is 10.4. The SMILES string of the molecule is O=C(O)/C=C/c1ccc(-c2ccc(Br)cc2)cc1. The number of hydrogen-bond acceptors (Lipinski definition) is 1. The summed E-state index contributed by atoms with van der Waals surface area (Å²) in [5.41, 5.74) is 3.11. The molecule has 0 spiro atoms. The Labute approximate surface area is 114 Å². The molecule has 3 heteroatoms. The molecule has 2 aromatic carbocycles. The second-order valence-corrected chi connectivity index (χ2v) is 4.72. The van der Waals surface area contributed by atoms with E-state index in [4.69, 9.17) is 5.11 Å². The fourth-order valence-corrected chi connectivity index (χ4v) is 1.86. The molecule has 0 aliphatic carbocycles. The second-order valence-electron chi connectivity index (χ2n) is 3.80. The average molecular weight is 303 g/mol. The van der Waals surface area contributed by atoms with Gasteiger partial charge in [0.05, 0.1) is 0 Å². The lowest BCUT2D eigenvalue weighted by Crippen LogP contribution is -1.85. The third-order valence-electron chi connectivity index (χ3n) is 2.51. The molecular formula is C15H11BrO2. The minimum Gasteiger partial charge on any atom is -0.478 e. The molecule has 0 saturated heterocycles. The van der Waals surface area contributed by atoms with Crippen molar-refractivity contribution in [1.29, 1.82) is 0 Å². The van der Waals surface area contributed by atoms with Crippen molar-refractivity contribution in [1.82, 2.24) is 0 Å². The molecule has 1 N–H and O–H groups in total. The third kappa shape index (κ3) is 3.31. The minimum atomic E-state index is -0.938. The van der Waals surface area contributed by atoms with E-state index >= 15 is 0 Å². The lowest BCUT2D eigenvalue weighted by atomic mass is 10.0. The molecule has 18 heavy (non-hydrogen) atoms. The lowest BCUT2D eigenvalue weighted by molar-refractivity contribution is -0.131. The third-order valence-corrected chi connectivity index (χ3v) is 3.04. The molecule has 0 aromatic heterocycles. The largest absolute Gasteiger partial charge is 0.478 e. The molecule has 0 aliphatic rings. The molecule has 0 unspecified atom stereocenters. The fourth-order valence-electron chi connectivity index (χ4n) is 1.60. The van der Waals surface area contributed by atoms with E-state index in [1.54, 1.807) is 6.08 Å². The lowest BCUT2D eigenvalue weighted by Gasteiger charge is -2.02. The molecule has 0 aliphatic heterocycles. The van der Waals surface area contributed by atoms with Crippen LogP contribution in [0.15, 0.2) is 59.1 Å². The molecule has 2 rings (SSSR count). The molecular weight excluding hydrogens is 292 g/mol. The number of rotatable bonds is 3. The van der Waals surface area contributed by atoms with Crippen LogP contribution in [0.25, 0.3) is 17.2 Å². The van der Waals surface area contributed by atoms with Crippen LogP contribution in [-0.2, 0) is 4.79 Å². The van der Waals surface area contributed by atoms with Gasteiger partial charge in [0.1, 0.15) is 0 Å². The average Bonchev–Trinajstić information content (AvgIpc) is 2.38. The molecule has 0 heterocycles. The zero-order chi connectivity index (χ0) is 13.0. The summed E-state index contributed by atoms with van der Waals surface area (Å²) in [6, 6.07) is 15.8. The maximum absolute atomic E-state index is 10.4. The van der Waals surface area contributed by atoms with E-state index in [2.05, 4.69) is 15.9 Å². The van der Waals surface area contributed by atoms with Crippen LogP contribution in [0.2, 0.25) is 0 Å². The Hall–Kier alpha value is -1.87. The molecule has 0 atom stereocenters. The molecule has 0 bridgehead atoms. The Kier molecular flexibility index (Phi) is 3.95. The van der Waals surface area contributed by atoms with Crippen LogP contribution < -0.4 is 0 Å². The van der Waals surface area contributed by atoms with E-state index in [9.17, 15) is 4.79 Å². The van der Waals surface area contributed by atoms with Crippen molar-refractivity contribution in [3.63, 3.8) is 0 Å². The van der Waals surface area contributed by atoms with E-state index in [0.29, 0.717) is 0 Å². The highest BCUT2D eigenvalue weighted by Gasteiger charge is 1.97. The van der Waals surface area contributed by atoms with Gasteiger partial charge in [0.2, 0.25) is 0 Å². The highest BCUT2D eigenvalue weighted by Crippen LogP contribution is 2.22. The van der Waals surface area contributed by atoms with Gasteiger partial charge in [0.15, 0.2) is 0 Å². The van der Waals surface area contributed by atoms with Crippen molar-refractivity contribution in [2.45, 2.75) is 0 Å². The Bertz CT molecular complexity index is 568. The van der Waals surface area contributed by atoms with Crippen LogP contribution in [0.1, 0.15) is 5.56 Å². The highest BCUT2D eigenvalue weighted by molar-refractivity contribution is 9.10. The summed E-state index contributed by atoms with van der Waals surface area (Å²) < 4.78 is 1.05. The fraction of sp³-hybridized carbons (Fsp3) is 0. The van der Waals surface area contributed by atoms with Crippen molar-refractivity contribution in [2.75, 3.05) is 0 Å². The number of benzene rings is 2. The Morgan fingerprint density at radius 1 is 0.944 bits per heavy atom. The van der Waals surface area contributed by atoms with Gasteiger partial charge in [-0.05, 0) is 34.9 Å². The van der Waals surface area contributed by atoms with Crippen LogP contribution >= 0.6 is 15.9 Å². The summed E-state index contributed by atoms with van der Waals surface area (Å²) in [5.74, 6) is -0.938.